The molecule has 0 bridgehead atoms. The molecule has 2 unspecified atom stereocenters. The van der Waals surface area contributed by atoms with Gasteiger partial charge in [-0.1, -0.05) is 24.6 Å². The number of fused-ring (bicyclic) bond motifs is 1. The molecule has 5 nitrogen and oxygen atoms in total. The van der Waals surface area contributed by atoms with E-state index in [4.69, 9.17) is 0 Å². The van der Waals surface area contributed by atoms with Gasteiger partial charge in [0.1, 0.15) is 0 Å². The fourth-order valence-electron chi connectivity index (χ4n) is 2.59. The van der Waals surface area contributed by atoms with E-state index in [2.05, 4.69) is 15.0 Å². The zero-order valence-corrected chi connectivity index (χ0v) is 13.0. The van der Waals surface area contributed by atoms with Crippen LogP contribution in [0, 0.1) is 5.92 Å². The SMILES string of the molecule is CS(=O)(=O)NCCCN=C1NC2CCCCC2CS1. The lowest BCUT2D eigenvalue weighted by Crippen LogP contribution is -2.46. The molecule has 1 saturated carbocycles. The summed E-state index contributed by atoms with van der Waals surface area (Å²) in [4.78, 5) is 4.53. The Morgan fingerprint density at radius 3 is 3.00 bits per heavy atom. The third-order valence-electron chi connectivity index (χ3n) is 3.61. The monoisotopic (exact) mass is 305 g/mol. The van der Waals surface area contributed by atoms with Crippen LogP contribution in [0.2, 0.25) is 0 Å². The Hall–Kier alpha value is -0.270. The summed E-state index contributed by atoms with van der Waals surface area (Å²) in [6.45, 7) is 1.14. The summed E-state index contributed by atoms with van der Waals surface area (Å²) < 4.78 is 24.3. The standard InChI is InChI=1S/C12H23N3O2S2/c1-19(16,17)14-8-4-7-13-12-15-11-6-3-2-5-10(11)9-18-12/h10-11,14H,2-9H2,1H3,(H,13,15). The van der Waals surface area contributed by atoms with Crippen molar-refractivity contribution in [2.24, 2.45) is 10.9 Å². The first-order valence-electron chi connectivity index (χ1n) is 6.93. The number of nitrogens with zero attached hydrogens (tertiary/aromatic N) is 1. The van der Waals surface area contributed by atoms with Gasteiger partial charge in [0, 0.05) is 24.9 Å². The van der Waals surface area contributed by atoms with E-state index < -0.39 is 10.0 Å². The maximum Gasteiger partial charge on any atom is 0.208 e. The minimum absolute atomic E-state index is 0.465. The van der Waals surface area contributed by atoms with Gasteiger partial charge in [-0.15, -0.1) is 0 Å². The molecule has 0 radical (unpaired) electrons. The lowest BCUT2D eigenvalue weighted by molar-refractivity contribution is 0.311. The summed E-state index contributed by atoms with van der Waals surface area (Å²) in [7, 11) is -3.06. The Labute approximate surface area is 120 Å². The van der Waals surface area contributed by atoms with E-state index in [0.717, 1.165) is 17.5 Å². The molecule has 1 aliphatic heterocycles. The largest absolute Gasteiger partial charge is 0.362 e. The lowest BCUT2D eigenvalue weighted by atomic mass is 9.86. The van der Waals surface area contributed by atoms with Crippen molar-refractivity contribution in [1.29, 1.82) is 0 Å². The van der Waals surface area contributed by atoms with Gasteiger partial charge >= 0.3 is 0 Å². The van der Waals surface area contributed by atoms with Crippen molar-refractivity contribution < 1.29 is 8.42 Å². The van der Waals surface area contributed by atoms with Crippen molar-refractivity contribution in [3.05, 3.63) is 0 Å². The number of hydrogen-bond acceptors (Lipinski definition) is 4. The Balaban J connectivity index is 1.69. The lowest BCUT2D eigenvalue weighted by Gasteiger charge is -2.36. The third kappa shape index (κ3) is 5.31. The van der Waals surface area contributed by atoms with E-state index in [9.17, 15) is 8.42 Å². The van der Waals surface area contributed by atoms with Crippen LogP contribution in [0.3, 0.4) is 0 Å². The average Bonchev–Trinajstić information content (AvgIpc) is 2.37. The van der Waals surface area contributed by atoms with Gasteiger partial charge in [-0.2, -0.15) is 0 Å². The van der Waals surface area contributed by atoms with Gasteiger partial charge in [-0.3, -0.25) is 4.99 Å². The molecule has 0 spiro atoms. The van der Waals surface area contributed by atoms with Crippen LogP contribution in [0.25, 0.3) is 0 Å². The second-order valence-corrected chi connectivity index (χ2v) is 8.16. The molecule has 0 amide bonds. The van der Waals surface area contributed by atoms with Gasteiger partial charge in [-0.25, -0.2) is 13.1 Å². The van der Waals surface area contributed by atoms with Gasteiger partial charge in [0.2, 0.25) is 10.0 Å². The Kier molecular flexibility index (Phi) is 5.53. The van der Waals surface area contributed by atoms with Crippen LogP contribution in [0.5, 0.6) is 0 Å². The van der Waals surface area contributed by atoms with Crippen molar-refractivity contribution in [3.63, 3.8) is 0 Å². The van der Waals surface area contributed by atoms with Gasteiger partial charge < -0.3 is 5.32 Å². The molecule has 1 heterocycles. The normalized spacial score (nSPS) is 29.8. The van der Waals surface area contributed by atoms with E-state index in [1.54, 1.807) is 0 Å². The fourth-order valence-corrected chi connectivity index (χ4v) is 4.30. The maximum atomic E-state index is 10.9. The van der Waals surface area contributed by atoms with Gasteiger partial charge in [0.15, 0.2) is 5.17 Å². The summed E-state index contributed by atoms with van der Waals surface area (Å²) in [5, 5.41) is 4.58. The molecular formula is C12H23N3O2S2. The smallest absolute Gasteiger partial charge is 0.208 e. The zero-order chi connectivity index (χ0) is 13.7. The zero-order valence-electron chi connectivity index (χ0n) is 11.4. The topological polar surface area (TPSA) is 70.6 Å². The quantitative estimate of drug-likeness (QED) is 0.748. The molecule has 1 aliphatic carbocycles. The van der Waals surface area contributed by atoms with Crippen LogP contribution in [0.15, 0.2) is 4.99 Å². The number of thioether (sulfide) groups is 1. The first-order valence-corrected chi connectivity index (χ1v) is 9.81. The second-order valence-electron chi connectivity index (χ2n) is 5.31. The van der Waals surface area contributed by atoms with Crippen LogP contribution in [0.4, 0.5) is 0 Å². The molecule has 2 fully saturated rings. The van der Waals surface area contributed by atoms with Crippen LogP contribution in [-0.4, -0.2) is 44.7 Å². The molecule has 7 heteroatoms. The summed E-state index contributed by atoms with van der Waals surface area (Å²) in [6.07, 6.45) is 7.22. The van der Waals surface area contributed by atoms with E-state index in [-0.39, 0.29) is 0 Å². The molecule has 2 atom stereocenters. The van der Waals surface area contributed by atoms with Crippen LogP contribution in [0.1, 0.15) is 32.1 Å². The maximum absolute atomic E-state index is 10.9. The highest BCUT2D eigenvalue weighted by molar-refractivity contribution is 8.13. The molecule has 2 N–H and O–H groups in total. The molecule has 1 saturated heterocycles. The Morgan fingerprint density at radius 1 is 1.42 bits per heavy atom. The molecule has 2 aliphatic rings. The highest BCUT2D eigenvalue weighted by Crippen LogP contribution is 2.31. The molecular weight excluding hydrogens is 282 g/mol. The predicted octanol–water partition coefficient (Wildman–Crippen LogP) is 1.18. The van der Waals surface area contributed by atoms with Crippen LogP contribution < -0.4 is 10.0 Å². The van der Waals surface area contributed by atoms with Crippen molar-refractivity contribution in [1.82, 2.24) is 10.0 Å². The van der Waals surface area contributed by atoms with Crippen molar-refractivity contribution in [2.75, 3.05) is 25.1 Å². The first-order chi connectivity index (χ1) is 9.04. The molecule has 0 aromatic heterocycles. The van der Waals surface area contributed by atoms with Crippen molar-refractivity contribution in [2.45, 2.75) is 38.1 Å². The molecule has 0 aromatic rings. The number of rotatable bonds is 5. The van der Waals surface area contributed by atoms with Crippen LogP contribution >= 0.6 is 11.8 Å². The summed E-state index contributed by atoms with van der Waals surface area (Å²) in [5.41, 5.74) is 0. The first kappa shape index (κ1) is 15.1. The predicted molar refractivity (Wildman–Crippen MR) is 81.1 cm³/mol. The molecule has 2 rings (SSSR count). The summed E-state index contributed by atoms with van der Waals surface area (Å²) in [6, 6.07) is 0.614. The van der Waals surface area contributed by atoms with Crippen molar-refractivity contribution >= 4 is 27.0 Å². The van der Waals surface area contributed by atoms with Crippen molar-refractivity contribution in [3.8, 4) is 0 Å². The molecule has 0 aromatic carbocycles. The van der Waals surface area contributed by atoms with Gasteiger partial charge in [0.05, 0.1) is 6.26 Å². The molecule has 19 heavy (non-hydrogen) atoms. The number of hydrogen-bond donors (Lipinski definition) is 2. The third-order valence-corrected chi connectivity index (χ3v) is 5.45. The highest BCUT2D eigenvalue weighted by Gasteiger charge is 2.29. The van der Waals surface area contributed by atoms with E-state index >= 15 is 0 Å². The van der Waals surface area contributed by atoms with Gasteiger partial charge in [0.25, 0.3) is 0 Å². The highest BCUT2D eigenvalue weighted by atomic mass is 32.2. The Bertz CT molecular complexity index is 423. The number of amidine groups is 1. The number of sulfonamides is 1. The molecule has 110 valence electrons. The second kappa shape index (κ2) is 6.95. The number of nitrogens with one attached hydrogen (secondary N) is 2. The van der Waals surface area contributed by atoms with Gasteiger partial charge in [-0.05, 0) is 25.2 Å². The minimum Gasteiger partial charge on any atom is -0.362 e. The Morgan fingerprint density at radius 2 is 2.21 bits per heavy atom. The minimum atomic E-state index is -3.06. The average molecular weight is 305 g/mol. The van der Waals surface area contributed by atoms with E-state index in [1.165, 1.54) is 37.7 Å². The fraction of sp³-hybridized carbons (Fsp3) is 0.917. The van der Waals surface area contributed by atoms with E-state index in [1.807, 2.05) is 11.8 Å². The van der Waals surface area contributed by atoms with E-state index in [0.29, 0.717) is 19.1 Å². The summed E-state index contributed by atoms with van der Waals surface area (Å²) >= 11 is 1.81. The number of aliphatic imine (C=N–C) groups is 1. The van der Waals surface area contributed by atoms with Crippen LogP contribution in [-0.2, 0) is 10.0 Å². The summed E-state index contributed by atoms with van der Waals surface area (Å²) in [5.74, 6) is 1.99.